The van der Waals surface area contributed by atoms with E-state index in [1.54, 1.807) is 11.3 Å². The van der Waals surface area contributed by atoms with Gasteiger partial charge in [0, 0.05) is 15.6 Å². The van der Waals surface area contributed by atoms with Crippen LogP contribution in [0.15, 0.2) is 29.1 Å². The zero-order chi connectivity index (χ0) is 17.4. The molecular formula is C21H21ClO2S. The van der Waals surface area contributed by atoms with Gasteiger partial charge in [-0.25, -0.2) is 0 Å². The molecule has 0 atom stereocenters. The average molecular weight is 373 g/mol. The van der Waals surface area contributed by atoms with Crippen LogP contribution in [-0.2, 0) is 12.8 Å². The highest BCUT2D eigenvalue weighted by Gasteiger charge is 2.24. The summed E-state index contributed by atoms with van der Waals surface area (Å²) in [7, 11) is 0. The van der Waals surface area contributed by atoms with Crippen LogP contribution in [0, 0.1) is 0 Å². The van der Waals surface area contributed by atoms with Crippen molar-refractivity contribution in [3.8, 4) is 5.75 Å². The molecule has 2 aromatic carbocycles. The van der Waals surface area contributed by atoms with Gasteiger partial charge in [0.15, 0.2) is 5.43 Å². The van der Waals surface area contributed by atoms with Crippen molar-refractivity contribution >= 4 is 43.1 Å². The summed E-state index contributed by atoms with van der Waals surface area (Å²) in [5.41, 5.74) is 2.39. The van der Waals surface area contributed by atoms with Gasteiger partial charge >= 0.3 is 0 Å². The number of ether oxygens (including phenoxy) is 1. The van der Waals surface area contributed by atoms with Crippen LogP contribution in [0.5, 0.6) is 5.75 Å². The second-order valence-corrected chi connectivity index (χ2v) is 8.07. The number of benzene rings is 2. The first-order valence-electron chi connectivity index (χ1n) is 9.04. The summed E-state index contributed by atoms with van der Waals surface area (Å²) in [6, 6.07) is 7.78. The summed E-state index contributed by atoms with van der Waals surface area (Å²) in [4.78, 5) is 13.1. The molecule has 0 fully saturated rings. The first kappa shape index (κ1) is 16.9. The van der Waals surface area contributed by atoms with Crippen molar-refractivity contribution in [2.75, 3.05) is 6.61 Å². The topological polar surface area (TPSA) is 26.3 Å². The lowest BCUT2D eigenvalue weighted by molar-refractivity contribution is 0.309. The average Bonchev–Trinajstić information content (AvgIpc) is 2.64. The number of unbranched alkanes of at least 4 members (excludes halogenated alkanes) is 1. The molecule has 3 aromatic rings. The van der Waals surface area contributed by atoms with E-state index < -0.39 is 0 Å². The van der Waals surface area contributed by atoms with Gasteiger partial charge in [0.2, 0.25) is 0 Å². The van der Waals surface area contributed by atoms with Crippen LogP contribution in [0.4, 0.5) is 0 Å². The fraction of sp³-hybridized carbons (Fsp3) is 0.381. The Hall–Kier alpha value is -1.58. The van der Waals surface area contributed by atoms with Crippen molar-refractivity contribution in [3.05, 3.63) is 50.6 Å². The minimum Gasteiger partial charge on any atom is -0.492 e. The van der Waals surface area contributed by atoms with Crippen molar-refractivity contribution in [1.82, 2.24) is 0 Å². The first-order chi connectivity index (χ1) is 12.2. The maximum absolute atomic E-state index is 13.1. The van der Waals surface area contributed by atoms with Gasteiger partial charge < -0.3 is 4.74 Å². The molecular weight excluding hydrogens is 352 g/mol. The molecule has 4 heteroatoms. The molecule has 25 heavy (non-hydrogen) atoms. The normalized spacial score (nSPS) is 14.0. The lowest BCUT2D eigenvalue weighted by Crippen LogP contribution is -2.12. The van der Waals surface area contributed by atoms with E-state index in [0.717, 1.165) is 64.6 Å². The number of halogens is 1. The molecule has 0 unspecified atom stereocenters. The SMILES string of the molecule is CCCCOc1c2c(c(Cl)c3c(=O)c4ccccc4sc13)CCCC2. The van der Waals surface area contributed by atoms with Crippen LogP contribution in [0.2, 0.25) is 5.02 Å². The first-order valence-corrected chi connectivity index (χ1v) is 10.2. The van der Waals surface area contributed by atoms with Crippen LogP contribution >= 0.6 is 22.9 Å². The molecule has 1 aliphatic rings. The van der Waals surface area contributed by atoms with Crippen LogP contribution < -0.4 is 10.2 Å². The van der Waals surface area contributed by atoms with Crippen LogP contribution in [0.25, 0.3) is 20.2 Å². The van der Waals surface area contributed by atoms with E-state index in [1.807, 2.05) is 24.3 Å². The Kier molecular flexibility index (Phi) is 4.70. The Bertz CT molecular complexity index is 1010. The molecule has 0 radical (unpaired) electrons. The molecule has 0 aliphatic heterocycles. The lowest BCUT2D eigenvalue weighted by atomic mass is 9.89. The van der Waals surface area contributed by atoms with Gasteiger partial charge in [-0.05, 0) is 49.8 Å². The second-order valence-electron chi connectivity index (χ2n) is 6.64. The van der Waals surface area contributed by atoms with Gasteiger partial charge in [-0.1, -0.05) is 37.1 Å². The summed E-state index contributed by atoms with van der Waals surface area (Å²) in [5.74, 6) is 0.912. The quantitative estimate of drug-likeness (QED) is 0.407. The summed E-state index contributed by atoms with van der Waals surface area (Å²) in [6.45, 7) is 2.85. The number of hydrogen-bond donors (Lipinski definition) is 0. The molecule has 0 bridgehead atoms. The van der Waals surface area contributed by atoms with Gasteiger partial charge in [-0.15, -0.1) is 11.3 Å². The van der Waals surface area contributed by atoms with Crippen molar-refractivity contribution < 1.29 is 4.74 Å². The molecule has 2 nitrogen and oxygen atoms in total. The van der Waals surface area contributed by atoms with Gasteiger partial charge in [-0.3, -0.25) is 4.79 Å². The summed E-state index contributed by atoms with van der Waals surface area (Å²) >= 11 is 8.38. The predicted molar refractivity (Wildman–Crippen MR) is 108 cm³/mol. The highest BCUT2D eigenvalue weighted by Crippen LogP contribution is 2.44. The molecule has 0 amide bonds. The van der Waals surface area contributed by atoms with E-state index >= 15 is 0 Å². The fourth-order valence-electron chi connectivity index (χ4n) is 3.66. The third-order valence-electron chi connectivity index (χ3n) is 4.97. The Morgan fingerprint density at radius 2 is 1.92 bits per heavy atom. The minimum atomic E-state index is 0.0306. The van der Waals surface area contributed by atoms with Crippen LogP contribution in [0.1, 0.15) is 43.7 Å². The molecule has 0 saturated heterocycles. The van der Waals surface area contributed by atoms with Gasteiger partial charge in [0.1, 0.15) is 5.75 Å². The lowest BCUT2D eigenvalue weighted by Gasteiger charge is -2.23. The summed E-state index contributed by atoms with van der Waals surface area (Å²) < 4.78 is 8.14. The number of rotatable bonds is 4. The van der Waals surface area contributed by atoms with Crippen molar-refractivity contribution in [2.24, 2.45) is 0 Å². The van der Waals surface area contributed by atoms with E-state index in [0.29, 0.717) is 17.0 Å². The number of hydrogen-bond acceptors (Lipinski definition) is 3. The summed E-state index contributed by atoms with van der Waals surface area (Å²) in [6.07, 6.45) is 6.30. The molecule has 1 aliphatic carbocycles. The molecule has 0 N–H and O–H groups in total. The van der Waals surface area contributed by atoms with Gasteiger partial charge in [-0.2, -0.15) is 0 Å². The summed E-state index contributed by atoms with van der Waals surface area (Å²) in [5, 5.41) is 2.05. The predicted octanol–water partition coefficient (Wildman–Crippen LogP) is 6.13. The maximum Gasteiger partial charge on any atom is 0.197 e. The van der Waals surface area contributed by atoms with E-state index in [-0.39, 0.29) is 5.43 Å². The zero-order valence-electron chi connectivity index (χ0n) is 14.4. The maximum atomic E-state index is 13.1. The number of fused-ring (bicyclic) bond motifs is 3. The van der Waals surface area contributed by atoms with E-state index in [9.17, 15) is 4.79 Å². The van der Waals surface area contributed by atoms with Crippen molar-refractivity contribution in [2.45, 2.75) is 45.4 Å². The fourth-order valence-corrected chi connectivity index (χ4v) is 5.31. The molecule has 1 aromatic heterocycles. The molecule has 130 valence electrons. The Balaban J connectivity index is 2.08. The van der Waals surface area contributed by atoms with Crippen molar-refractivity contribution in [1.29, 1.82) is 0 Å². The van der Waals surface area contributed by atoms with E-state index in [2.05, 4.69) is 6.92 Å². The second kappa shape index (κ2) is 6.97. The third kappa shape index (κ3) is 2.84. The molecule has 1 heterocycles. The molecule has 0 saturated carbocycles. The third-order valence-corrected chi connectivity index (χ3v) is 6.56. The van der Waals surface area contributed by atoms with E-state index in [1.165, 1.54) is 5.56 Å². The minimum absolute atomic E-state index is 0.0306. The highest BCUT2D eigenvalue weighted by atomic mass is 35.5. The highest BCUT2D eigenvalue weighted by molar-refractivity contribution is 7.25. The van der Waals surface area contributed by atoms with Gasteiger partial charge in [0.05, 0.1) is 21.7 Å². The molecule has 4 rings (SSSR count). The Morgan fingerprint density at radius 3 is 2.72 bits per heavy atom. The van der Waals surface area contributed by atoms with Crippen molar-refractivity contribution in [3.63, 3.8) is 0 Å². The monoisotopic (exact) mass is 372 g/mol. The van der Waals surface area contributed by atoms with Crippen LogP contribution in [-0.4, -0.2) is 6.61 Å². The zero-order valence-corrected chi connectivity index (χ0v) is 15.9. The Morgan fingerprint density at radius 1 is 1.16 bits per heavy atom. The van der Waals surface area contributed by atoms with Gasteiger partial charge in [0.25, 0.3) is 0 Å². The Labute approximate surface area is 156 Å². The largest absolute Gasteiger partial charge is 0.492 e. The van der Waals surface area contributed by atoms with E-state index in [4.69, 9.17) is 16.3 Å². The standard InChI is InChI=1S/C21H21ClO2S/c1-2-3-12-24-20-14-9-5-4-8-13(14)18(22)17-19(23)15-10-6-7-11-16(15)25-21(17)20/h6-7,10-11H,2-5,8-9,12H2,1H3. The molecule has 0 spiro atoms. The van der Waals surface area contributed by atoms with Crippen LogP contribution in [0.3, 0.4) is 0 Å². The smallest absolute Gasteiger partial charge is 0.197 e.